The Kier molecular flexibility index (Phi) is 7.48. The number of hydrogen-bond acceptors (Lipinski definition) is 7. The minimum atomic E-state index is -1.43. The highest BCUT2D eigenvalue weighted by Crippen LogP contribution is 2.34. The molecule has 0 amide bonds. The van der Waals surface area contributed by atoms with Crippen molar-refractivity contribution in [1.29, 1.82) is 0 Å². The fraction of sp³-hybridized carbons (Fsp3) is 0.357. The van der Waals surface area contributed by atoms with Gasteiger partial charge in [0.05, 0.1) is 6.61 Å². The SMILES string of the molecule is OC[C@H]1O[C@@H](c2ccc(Cl)c(Cc3ccc(OC[C@@H]4Cc5ccccc5O4)cc3)c2)[C@H](O)[C@@H](O)[C@@H]1O. The molecule has 5 rings (SSSR count). The van der Waals surface area contributed by atoms with E-state index in [0.717, 1.165) is 29.0 Å². The monoisotopic (exact) mass is 512 g/mol. The molecule has 7 nitrogen and oxygen atoms in total. The van der Waals surface area contributed by atoms with Gasteiger partial charge in [-0.25, -0.2) is 0 Å². The lowest BCUT2D eigenvalue weighted by atomic mass is 9.90. The van der Waals surface area contributed by atoms with Crippen molar-refractivity contribution in [1.82, 2.24) is 0 Å². The van der Waals surface area contributed by atoms with Gasteiger partial charge in [-0.3, -0.25) is 0 Å². The summed E-state index contributed by atoms with van der Waals surface area (Å²) >= 11 is 6.45. The number of fused-ring (bicyclic) bond motifs is 1. The van der Waals surface area contributed by atoms with E-state index in [1.807, 2.05) is 48.5 Å². The first-order chi connectivity index (χ1) is 17.4. The third kappa shape index (κ3) is 5.22. The number of hydrogen-bond donors (Lipinski definition) is 4. The number of aliphatic hydroxyl groups excluding tert-OH is 4. The van der Waals surface area contributed by atoms with Crippen LogP contribution in [0.2, 0.25) is 5.02 Å². The van der Waals surface area contributed by atoms with Gasteiger partial charge < -0.3 is 34.6 Å². The molecule has 36 heavy (non-hydrogen) atoms. The first-order valence-corrected chi connectivity index (χ1v) is 12.4. The molecule has 0 bridgehead atoms. The molecule has 0 radical (unpaired) electrons. The number of aliphatic hydroxyl groups is 4. The third-order valence-electron chi connectivity index (χ3n) is 6.76. The molecule has 0 spiro atoms. The van der Waals surface area contributed by atoms with Gasteiger partial charge in [0.2, 0.25) is 0 Å². The number of halogens is 1. The van der Waals surface area contributed by atoms with E-state index in [0.29, 0.717) is 23.6 Å². The van der Waals surface area contributed by atoms with E-state index in [1.165, 1.54) is 5.56 Å². The Balaban J connectivity index is 1.22. The molecule has 0 aliphatic carbocycles. The number of ether oxygens (including phenoxy) is 3. The van der Waals surface area contributed by atoms with Gasteiger partial charge in [0.15, 0.2) is 0 Å². The molecular formula is C28H29ClO7. The van der Waals surface area contributed by atoms with Crippen LogP contribution >= 0.6 is 11.6 Å². The highest BCUT2D eigenvalue weighted by atomic mass is 35.5. The Morgan fingerprint density at radius 3 is 2.44 bits per heavy atom. The fourth-order valence-corrected chi connectivity index (χ4v) is 4.93. The van der Waals surface area contributed by atoms with Crippen LogP contribution in [-0.4, -0.2) is 64.2 Å². The maximum Gasteiger partial charge on any atom is 0.137 e. The molecular weight excluding hydrogens is 484 g/mol. The highest BCUT2D eigenvalue weighted by molar-refractivity contribution is 6.31. The van der Waals surface area contributed by atoms with Gasteiger partial charge >= 0.3 is 0 Å². The molecule has 2 aliphatic rings. The summed E-state index contributed by atoms with van der Waals surface area (Å²) in [5, 5.41) is 40.7. The molecule has 190 valence electrons. The van der Waals surface area contributed by atoms with Crippen LogP contribution in [0.4, 0.5) is 0 Å². The largest absolute Gasteiger partial charge is 0.490 e. The van der Waals surface area contributed by atoms with Gasteiger partial charge in [-0.05, 0) is 52.9 Å². The molecule has 3 aromatic carbocycles. The second-order valence-corrected chi connectivity index (χ2v) is 9.69. The Hall–Kier alpha value is -2.65. The van der Waals surface area contributed by atoms with E-state index >= 15 is 0 Å². The maximum atomic E-state index is 10.5. The predicted octanol–water partition coefficient (Wildman–Crippen LogP) is 2.83. The summed E-state index contributed by atoms with van der Waals surface area (Å²) in [6.07, 6.45) is -4.69. The average molecular weight is 513 g/mol. The molecule has 2 heterocycles. The van der Waals surface area contributed by atoms with Crippen molar-refractivity contribution in [3.05, 3.63) is 94.0 Å². The summed E-state index contributed by atoms with van der Waals surface area (Å²) in [6, 6.07) is 21.0. The van der Waals surface area contributed by atoms with Gasteiger partial charge in [0, 0.05) is 11.4 Å². The number of rotatable bonds is 7. The molecule has 0 unspecified atom stereocenters. The van der Waals surface area contributed by atoms with Crippen LogP contribution in [0.15, 0.2) is 66.7 Å². The van der Waals surface area contributed by atoms with Crippen LogP contribution < -0.4 is 9.47 Å². The van der Waals surface area contributed by atoms with E-state index in [-0.39, 0.29) is 6.10 Å². The van der Waals surface area contributed by atoms with Crippen LogP contribution in [0.25, 0.3) is 0 Å². The fourth-order valence-electron chi connectivity index (χ4n) is 4.74. The molecule has 4 N–H and O–H groups in total. The van der Waals surface area contributed by atoms with E-state index in [4.69, 9.17) is 25.8 Å². The summed E-state index contributed by atoms with van der Waals surface area (Å²) in [5.41, 5.74) is 3.63. The average Bonchev–Trinajstić information content (AvgIpc) is 3.32. The molecule has 6 atom stereocenters. The Morgan fingerprint density at radius 1 is 0.917 bits per heavy atom. The van der Waals surface area contributed by atoms with E-state index < -0.39 is 37.1 Å². The first-order valence-electron chi connectivity index (χ1n) is 12.0. The lowest BCUT2D eigenvalue weighted by Gasteiger charge is -2.40. The molecule has 1 saturated heterocycles. The second-order valence-electron chi connectivity index (χ2n) is 9.28. The molecule has 1 fully saturated rings. The normalized spacial score (nSPS) is 27.4. The molecule has 0 saturated carbocycles. The minimum Gasteiger partial charge on any atom is -0.490 e. The topological polar surface area (TPSA) is 109 Å². The number of para-hydroxylation sites is 1. The lowest BCUT2D eigenvalue weighted by Crippen LogP contribution is -2.55. The van der Waals surface area contributed by atoms with Crippen molar-refractivity contribution in [2.45, 2.75) is 49.5 Å². The molecule has 3 aromatic rings. The maximum absolute atomic E-state index is 10.5. The summed E-state index contributed by atoms with van der Waals surface area (Å²) in [7, 11) is 0. The van der Waals surface area contributed by atoms with Crippen molar-refractivity contribution in [2.75, 3.05) is 13.2 Å². The summed E-state index contributed by atoms with van der Waals surface area (Å²) in [6.45, 7) is -0.0167. The Morgan fingerprint density at radius 2 is 1.69 bits per heavy atom. The Labute approximate surface area is 214 Å². The van der Waals surface area contributed by atoms with Crippen LogP contribution in [0.3, 0.4) is 0 Å². The summed E-state index contributed by atoms with van der Waals surface area (Å²) in [5.74, 6) is 1.67. The lowest BCUT2D eigenvalue weighted by molar-refractivity contribution is -0.231. The first kappa shape index (κ1) is 25.0. The molecule has 2 aliphatic heterocycles. The molecule has 0 aromatic heterocycles. The quantitative estimate of drug-likeness (QED) is 0.385. The van der Waals surface area contributed by atoms with Gasteiger partial charge in [0.25, 0.3) is 0 Å². The van der Waals surface area contributed by atoms with Gasteiger partial charge in [-0.2, -0.15) is 0 Å². The van der Waals surface area contributed by atoms with Crippen molar-refractivity contribution in [3.8, 4) is 11.5 Å². The van der Waals surface area contributed by atoms with Crippen LogP contribution in [0, 0.1) is 0 Å². The van der Waals surface area contributed by atoms with Gasteiger partial charge in [-0.1, -0.05) is 54.1 Å². The van der Waals surface area contributed by atoms with Crippen LogP contribution in [-0.2, 0) is 17.6 Å². The van der Waals surface area contributed by atoms with Crippen molar-refractivity contribution >= 4 is 11.6 Å². The van der Waals surface area contributed by atoms with E-state index in [1.54, 1.807) is 12.1 Å². The zero-order valence-electron chi connectivity index (χ0n) is 19.5. The second kappa shape index (κ2) is 10.8. The smallest absolute Gasteiger partial charge is 0.137 e. The van der Waals surface area contributed by atoms with Crippen LogP contribution in [0.5, 0.6) is 11.5 Å². The Bertz CT molecular complexity index is 1160. The van der Waals surface area contributed by atoms with Crippen LogP contribution in [0.1, 0.15) is 28.4 Å². The summed E-state index contributed by atoms with van der Waals surface area (Å²) in [4.78, 5) is 0. The standard InChI is InChI=1S/C28H29ClO7/c29-22-10-7-18(28-27(33)26(32)25(31)24(14-30)36-28)12-19(22)11-16-5-8-20(9-6-16)34-15-21-13-17-3-1-2-4-23(17)35-21/h1-10,12,21,24-28,30-33H,11,13-15H2/t21-,24+,25+,26-,27+,28-/m0/s1. The predicted molar refractivity (Wildman–Crippen MR) is 133 cm³/mol. The highest BCUT2D eigenvalue weighted by Gasteiger charge is 2.44. The summed E-state index contributed by atoms with van der Waals surface area (Å²) < 4.78 is 17.6. The zero-order chi connectivity index (χ0) is 25.2. The zero-order valence-corrected chi connectivity index (χ0v) is 20.3. The van der Waals surface area contributed by atoms with Crippen molar-refractivity contribution < 1.29 is 34.6 Å². The van der Waals surface area contributed by atoms with Gasteiger partial charge in [-0.15, -0.1) is 0 Å². The molecule has 8 heteroatoms. The van der Waals surface area contributed by atoms with Gasteiger partial charge in [0.1, 0.15) is 54.7 Å². The van der Waals surface area contributed by atoms with Crippen molar-refractivity contribution in [3.63, 3.8) is 0 Å². The minimum absolute atomic E-state index is 0.00829. The van der Waals surface area contributed by atoms with E-state index in [2.05, 4.69) is 6.07 Å². The third-order valence-corrected chi connectivity index (χ3v) is 7.13. The van der Waals surface area contributed by atoms with E-state index in [9.17, 15) is 20.4 Å². The van der Waals surface area contributed by atoms with Crippen molar-refractivity contribution in [2.24, 2.45) is 0 Å². The number of benzene rings is 3.